The van der Waals surface area contributed by atoms with Crippen LogP contribution in [0.3, 0.4) is 0 Å². The van der Waals surface area contributed by atoms with E-state index in [1.165, 1.54) is 29.0 Å². The third-order valence-electron chi connectivity index (χ3n) is 3.81. The number of benzene rings is 2. The lowest BCUT2D eigenvalue weighted by Crippen LogP contribution is -2.13. The van der Waals surface area contributed by atoms with Crippen LogP contribution in [0.25, 0.3) is 10.2 Å². The Morgan fingerprint density at radius 1 is 1.12 bits per heavy atom. The van der Waals surface area contributed by atoms with E-state index in [2.05, 4.69) is 24.3 Å². The highest BCUT2D eigenvalue weighted by Gasteiger charge is 2.14. The van der Waals surface area contributed by atoms with E-state index < -0.39 is 15.8 Å². The Hall–Kier alpha value is -1.99. The van der Waals surface area contributed by atoms with Gasteiger partial charge in [0.15, 0.2) is 0 Å². The van der Waals surface area contributed by atoms with Crippen molar-refractivity contribution < 1.29 is 12.8 Å². The first-order valence-corrected chi connectivity index (χ1v) is 9.69. The van der Waals surface area contributed by atoms with Crippen LogP contribution < -0.4 is 4.80 Å². The largest absolute Gasteiger partial charge is 0.319 e. The first kappa shape index (κ1) is 16.9. The van der Waals surface area contributed by atoms with Gasteiger partial charge in [-0.3, -0.25) is 0 Å². The molecule has 0 aliphatic carbocycles. The SMILES string of the molecule is CC(C)c1ccc2c(c1)sc(=NS(=O)(=O)c1ccc(F)cc1)n2C. The maximum absolute atomic E-state index is 13.0. The summed E-state index contributed by atoms with van der Waals surface area (Å²) >= 11 is 1.32. The van der Waals surface area contributed by atoms with E-state index in [0.29, 0.717) is 10.7 Å². The van der Waals surface area contributed by atoms with Crippen LogP contribution in [0, 0.1) is 5.82 Å². The highest BCUT2D eigenvalue weighted by Crippen LogP contribution is 2.23. The van der Waals surface area contributed by atoms with Gasteiger partial charge in [0.05, 0.1) is 15.1 Å². The van der Waals surface area contributed by atoms with E-state index in [-0.39, 0.29) is 4.90 Å². The summed E-state index contributed by atoms with van der Waals surface area (Å²) < 4.78 is 44.5. The number of aromatic nitrogens is 1. The number of halogens is 1. The lowest BCUT2D eigenvalue weighted by Gasteiger charge is -2.04. The standard InChI is InChI=1S/C17H17FN2O2S2/c1-11(2)12-4-9-15-16(10-12)23-17(20(15)3)19-24(21,22)14-7-5-13(18)6-8-14/h4-11H,1-3H3. The molecule has 0 aliphatic heterocycles. The van der Waals surface area contributed by atoms with Gasteiger partial charge in [-0.1, -0.05) is 31.3 Å². The molecule has 0 amide bonds. The van der Waals surface area contributed by atoms with Crippen LogP contribution in [-0.2, 0) is 17.1 Å². The van der Waals surface area contributed by atoms with Gasteiger partial charge in [-0.05, 0) is 47.9 Å². The second-order valence-corrected chi connectivity index (χ2v) is 8.46. The summed E-state index contributed by atoms with van der Waals surface area (Å²) in [6.07, 6.45) is 0. The third kappa shape index (κ3) is 3.14. The quantitative estimate of drug-likeness (QED) is 0.710. The molecule has 0 N–H and O–H groups in total. The summed E-state index contributed by atoms with van der Waals surface area (Å²) in [5.41, 5.74) is 2.12. The van der Waals surface area contributed by atoms with E-state index in [0.717, 1.165) is 22.3 Å². The predicted octanol–water partition coefficient (Wildman–Crippen LogP) is 3.79. The number of aryl methyl sites for hydroxylation is 1. The Bertz CT molecular complexity index is 1060. The molecule has 3 aromatic rings. The van der Waals surface area contributed by atoms with Gasteiger partial charge < -0.3 is 4.57 Å². The predicted molar refractivity (Wildman–Crippen MR) is 94.0 cm³/mol. The van der Waals surface area contributed by atoms with Crippen LogP contribution >= 0.6 is 11.3 Å². The smallest absolute Gasteiger partial charge is 0.285 e. The zero-order valence-corrected chi connectivity index (χ0v) is 15.2. The van der Waals surface area contributed by atoms with E-state index in [4.69, 9.17) is 0 Å². The van der Waals surface area contributed by atoms with Crippen LogP contribution in [0.4, 0.5) is 4.39 Å². The monoisotopic (exact) mass is 364 g/mol. The Labute approximate surface area is 144 Å². The number of hydrogen-bond donors (Lipinski definition) is 0. The highest BCUT2D eigenvalue weighted by atomic mass is 32.2. The number of nitrogens with zero attached hydrogens (tertiary/aromatic N) is 2. The molecule has 0 bridgehead atoms. The van der Waals surface area contributed by atoms with E-state index >= 15 is 0 Å². The van der Waals surface area contributed by atoms with E-state index in [9.17, 15) is 12.8 Å². The van der Waals surface area contributed by atoms with Crippen LogP contribution in [-0.4, -0.2) is 13.0 Å². The second-order valence-electron chi connectivity index (χ2n) is 5.85. The highest BCUT2D eigenvalue weighted by molar-refractivity contribution is 7.90. The molecule has 126 valence electrons. The number of sulfonamides is 1. The summed E-state index contributed by atoms with van der Waals surface area (Å²) in [6, 6.07) is 10.7. The summed E-state index contributed by atoms with van der Waals surface area (Å²) in [5.74, 6) is -0.0901. The molecule has 0 radical (unpaired) electrons. The summed E-state index contributed by atoms with van der Waals surface area (Å²) in [6.45, 7) is 4.22. The molecule has 0 unspecified atom stereocenters. The molecular formula is C17H17FN2O2S2. The Kier molecular flexibility index (Phi) is 4.31. The zero-order valence-electron chi connectivity index (χ0n) is 13.5. The fraction of sp³-hybridized carbons (Fsp3) is 0.235. The molecule has 0 saturated carbocycles. The maximum Gasteiger partial charge on any atom is 0.285 e. The van der Waals surface area contributed by atoms with Crippen molar-refractivity contribution in [3.05, 3.63) is 58.6 Å². The van der Waals surface area contributed by atoms with Crippen LogP contribution in [0.1, 0.15) is 25.3 Å². The first-order chi connectivity index (χ1) is 11.3. The summed E-state index contributed by atoms with van der Waals surface area (Å²) in [5, 5.41) is 0. The fourth-order valence-electron chi connectivity index (χ4n) is 2.36. The number of thiazole rings is 1. The molecule has 0 atom stereocenters. The molecule has 7 heteroatoms. The zero-order chi connectivity index (χ0) is 17.5. The van der Waals surface area contributed by atoms with E-state index in [1.54, 1.807) is 11.6 Å². The molecule has 1 heterocycles. The minimum Gasteiger partial charge on any atom is -0.319 e. The van der Waals surface area contributed by atoms with Crippen molar-refractivity contribution in [2.75, 3.05) is 0 Å². The Morgan fingerprint density at radius 3 is 2.42 bits per heavy atom. The average Bonchev–Trinajstić information content (AvgIpc) is 2.82. The molecular weight excluding hydrogens is 347 g/mol. The van der Waals surface area contributed by atoms with Gasteiger partial charge in [0.25, 0.3) is 10.0 Å². The molecule has 0 saturated heterocycles. The van der Waals surface area contributed by atoms with Crippen LogP contribution in [0.5, 0.6) is 0 Å². The molecule has 0 spiro atoms. The van der Waals surface area contributed by atoms with Gasteiger partial charge in [0, 0.05) is 7.05 Å². The molecule has 0 aliphatic rings. The topological polar surface area (TPSA) is 51.4 Å². The first-order valence-electron chi connectivity index (χ1n) is 7.44. The van der Waals surface area contributed by atoms with Crippen LogP contribution in [0.2, 0.25) is 0 Å². The van der Waals surface area contributed by atoms with Crippen LogP contribution in [0.15, 0.2) is 51.8 Å². The number of hydrogen-bond acceptors (Lipinski definition) is 3. The normalized spacial score (nSPS) is 13.1. The third-order valence-corrected chi connectivity index (χ3v) is 6.30. The van der Waals surface area contributed by atoms with Gasteiger partial charge in [-0.25, -0.2) is 4.39 Å². The van der Waals surface area contributed by atoms with E-state index in [1.807, 2.05) is 12.1 Å². The van der Waals surface area contributed by atoms with Crippen molar-refractivity contribution in [1.82, 2.24) is 4.57 Å². The van der Waals surface area contributed by atoms with Gasteiger partial charge in [0.2, 0.25) is 4.80 Å². The van der Waals surface area contributed by atoms with Gasteiger partial charge in [-0.2, -0.15) is 8.42 Å². The van der Waals surface area contributed by atoms with Gasteiger partial charge >= 0.3 is 0 Å². The lowest BCUT2D eigenvalue weighted by atomic mass is 10.0. The van der Waals surface area contributed by atoms with Crippen molar-refractivity contribution >= 4 is 31.6 Å². The molecule has 4 nitrogen and oxygen atoms in total. The minimum absolute atomic E-state index is 0.0239. The van der Waals surface area contributed by atoms with Crippen molar-refractivity contribution in [1.29, 1.82) is 0 Å². The van der Waals surface area contributed by atoms with Crippen molar-refractivity contribution in [2.45, 2.75) is 24.7 Å². The maximum atomic E-state index is 13.0. The second kappa shape index (κ2) is 6.14. The molecule has 0 fully saturated rings. The molecule has 3 rings (SSSR count). The molecule has 2 aromatic carbocycles. The summed E-state index contributed by atoms with van der Waals surface area (Å²) in [4.78, 5) is 0.361. The van der Waals surface area contributed by atoms with Crippen molar-refractivity contribution in [2.24, 2.45) is 11.4 Å². The van der Waals surface area contributed by atoms with Crippen molar-refractivity contribution in [3.63, 3.8) is 0 Å². The Balaban J connectivity index is 2.16. The van der Waals surface area contributed by atoms with Crippen molar-refractivity contribution in [3.8, 4) is 0 Å². The average molecular weight is 364 g/mol. The lowest BCUT2D eigenvalue weighted by molar-refractivity contribution is 0.595. The summed E-state index contributed by atoms with van der Waals surface area (Å²) in [7, 11) is -2.09. The fourth-order valence-corrected chi connectivity index (χ4v) is 4.65. The molecule has 24 heavy (non-hydrogen) atoms. The van der Waals surface area contributed by atoms with Gasteiger partial charge in [0.1, 0.15) is 5.82 Å². The Morgan fingerprint density at radius 2 is 1.79 bits per heavy atom. The number of rotatable bonds is 3. The molecule has 1 aromatic heterocycles. The minimum atomic E-state index is -3.88. The van der Waals surface area contributed by atoms with Gasteiger partial charge in [-0.15, -0.1) is 4.40 Å². The number of fused-ring (bicyclic) bond motifs is 1.